The molecule has 0 atom stereocenters. The van der Waals surface area contributed by atoms with Gasteiger partial charge in [-0.2, -0.15) is 0 Å². The van der Waals surface area contributed by atoms with Crippen molar-refractivity contribution in [2.75, 3.05) is 4.90 Å². The molecular weight excluding hydrogens is 627 g/mol. The van der Waals surface area contributed by atoms with Crippen molar-refractivity contribution >= 4 is 27.8 Å². The van der Waals surface area contributed by atoms with Crippen LogP contribution in [0.15, 0.2) is 176 Å². The fraction of sp³-hybridized carbons (Fsp3) is 0.0980. The van der Waals surface area contributed by atoms with Crippen LogP contribution in [0.1, 0.15) is 36.1 Å². The molecule has 52 heavy (non-hydrogen) atoms. The topological polar surface area (TPSA) is 3.24 Å². The number of anilines is 3. The molecule has 1 aliphatic rings. The van der Waals surface area contributed by atoms with Crippen LogP contribution in [0.5, 0.6) is 0 Å². The second kappa shape index (κ2) is 12.5. The zero-order chi connectivity index (χ0) is 35.4. The first-order chi connectivity index (χ1) is 25.3. The van der Waals surface area contributed by atoms with Crippen LogP contribution in [0.3, 0.4) is 0 Å². The van der Waals surface area contributed by atoms with E-state index in [1.165, 1.54) is 88.9 Å². The minimum Gasteiger partial charge on any atom is -0.310 e. The van der Waals surface area contributed by atoms with Crippen molar-refractivity contribution in [1.29, 1.82) is 0 Å². The number of benzene rings is 8. The first-order valence-corrected chi connectivity index (χ1v) is 18.3. The highest BCUT2D eigenvalue weighted by molar-refractivity contribution is 5.90. The Morgan fingerprint density at radius 3 is 1.62 bits per heavy atom. The number of hydrogen-bond donors (Lipinski definition) is 0. The lowest BCUT2D eigenvalue weighted by Gasteiger charge is -2.31. The van der Waals surface area contributed by atoms with Gasteiger partial charge in [0, 0.05) is 16.8 Å². The second-order valence-electron chi connectivity index (χ2n) is 14.7. The molecule has 0 amide bonds. The third-order valence-electron chi connectivity index (χ3n) is 11.1. The van der Waals surface area contributed by atoms with Crippen molar-refractivity contribution in [2.45, 2.75) is 33.1 Å². The van der Waals surface area contributed by atoms with E-state index in [0.717, 1.165) is 5.69 Å². The Labute approximate surface area is 307 Å². The molecule has 1 aliphatic carbocycles. The van der Waals surface area contributed by atoms with Crippen LogP contribution in [-0.2, 0) is 5.41 Å². The maximum atomic E-state index is 2.47. The number of rotatable bonds is 6. The van der Waals surface area contributed by atoms with E-state index in [2.05, 4.69) is 209 Å². The maximum Gasteiger partial charge on any atom is 0.0520 e. The number of fused-ring (bicyclic) bond motifs is 4. The van der Waals surface area contributed by atoms with Gasteiger partial charge in [-0.15, -0.1) is 0 Å². The van der Waals surface area contributed by atoms with Crippen molar-refractivity contribution in [3.05, 3.63) is 198 Å². The van der Waals surface area contributed by atoms with Crippen molar-refractivity contribution in [3.8, 4) is 44.5 Å². The molecule has 8 aromatic rings. The van der Waals surface area contributed by atoms with E-state index in [1.807, 2.05) is 0 Å². The fourth-order valence-corrected chi connectivity index (χ4v) is 8.37. The molecule has 1 nitrogen and oxygen atoms in total. The van der Waals surface area contributed by atoms with Gasteiger partial charge in [0.05, 0.1) is 5.69 Å². The highest BCUT2D eigenvalue weighted by Crippen LogP contribution is 2.51. The van der Waals surface area contributed by atoms with Crippen LogP contribution in [0.2, 0.25) is 0 Å². The van der Waals surface area contributed by atoms with Crippen LogP contribution < -0.4 is 4.90 Å². The van der Waals surface area contributed by atoms with Crippen molar-refractivity contribution < 1.29 is 0 Å². The predicted octanol–water partition coefficient (Wildman–Crippen LogP) is 14.2. The molecule has 0 N–H and O–H groups in total. The Kier molecular flexibility index (Phi) is 7.67. The van der Waals surface area contributed by atoms with E-state index in [9.17, 15) is 0 Å². The summed E-state index contributed by atoms with van der Waals surface area (Å²) in [6.45, 7) is 9.23. The Morgan fingerprint density at radius 1 is 0.365 bits per heavy atom. The highest BCUT2D eigenvalue weighted by Gasteiger charge is 2.36. The summed E-state index contributed by atoms with van der Waals surface area (Å²) in [5, 5.41) is 2.52. The summed E-state index contributed by atoms with van der Waals surface area (Å²) in [6.07, 6.45) is 0. The van der Waals surface area contributed by atoms with Gasteiger partial charge in [-0.1, -0.05) is 147 Å². The lowest BCUT2D eigenvalue weighted by molar-refractivity contribution is 0.660. The Bertz CT molecular complexity index is 2570. The molecule has 0 spiro atoms. The fourth-order valence-electron chi connectivity index (χ4n) is 8.37. The molecule has 0 unspecified atom stereocenters. The van der Waals surface area contributed by atoms with Crippen LogP contribution in [0.25, 0.3) is 55.3 Å². The molecule has 8 aromatic carbocycles. The summed E-state index contributed by atoms with van der Waals surface area (Å²) in [4.78, 5) is 2.47. The SMILES string of the molecule is Cc1cc(-c2ccc(-c3ccccc3)cc2)cc(C)c1N(c1ccc(-c2ccc3ccccc3c2)cc1)c1ccc2c(c1)C(C)(C)c1ccccc1-2. The third kappa shape index (κ3) is 5.41. The van der Waals surface area contributed by atoms with E-state index in [4.69, 9.17) is 0 Å². The summed E-state index contributed by atoms with van der Waals surface area (Å²) in [5.41, 5.74) is 18.7. The monoisotopic (exact) mass is 667 g/mol. The lowest BCUT2D eigenvalue weighted by atomic mass is 9.82. The number of aryl methyl sites for hydroxylation is 2. The molecule has 1 heteroatoms. The summed E-state index contributed by atoms with van der Waals surface area (Å²) in [7, 11) is 0. The summed E-state index contributed by atoms with van der Waals surface area (Å²) in [6, 6.07) is 64.6. The Balaban J connectivity index is 1.15. The Hall–Kier alpha value is -6.18. The van der Waals surface area contributed by atoms with Gasteiger partial charge in [-0.05, 0) is 134 Å². The zero-order valence-corrected chi connectivity index (χ0v) is 30.2. The number of nitrogens with zero attached hydrogens (tertiary/aromatic N) is 1. The van der Waals surface area contributed by atoms with Gasteiger partial charge in [0.1, 0.15) is 0 Å². The van der Waals surface area contributed by atoms with Gasteiger partial charge in [0.15, 0.2) is 0 Å². The van der Waals surface area contributed by atoms with Gasteiger partial charge in [-0.3, -0.25) is 0 Å². The van der Waals surface area contributed by atoms with Gasteiger partial charge < -0.3 is 4.90 Å². The smallest absolute Gasteiger partial charge is 0.0520 e. The van der Waals surface area contributed by atoms with E-state index in [0.29, 0.717) is 0 Å². The molecule has 0 aromatic heterocycles. The second-order valence-corrected chi connectivity index (χ2v) is 14.7. The Morgan fingerprint density at radius 2 is 0.885 bits per heavy atom. The predicted molar refractivity (Wildman–Crippen MR) is 222 cm³/mol. The number of hydrogen-bond acceptors (Lipinski definition) is 1. The van der Waals surface area contributed by atoms with Gasteiger partial charge in [0.25, 0.3) is 0 Å². The van der Waals surface area contributed by atoms with Crippen LogP contribution >= 0.6 is 0 Å². The van der Waals surface area contributed by atoms with Crippen molar-refractivity contribution in [3.63, 3.8) is 0 Å². The molecular formula is C51H41N. The zero-order valence-electron chi connectivity index (χ0n) is 30.2. The molecule has 9 rings (SSSR count). The van der Waals surface area contributed by atoms with E-state index in [-0.39, 0.29) is 5.41 Å². The first kappa shape index (κ1) is 31.8. The van der Waals surface area contributed by atoms with Gasteiger partial charge in [0.2, 0.25) is 0 Å². The van der Waals surface area contributed by atoms with E-state index in [1.54, 1.807) is 0 Å². The van der Waals surface area contributed by atoms with Crippen molar-refractivity contribution in [2.24, 2.45) is 0 Å². The largest absolute Gasteiger partial charge is 0.310 e. The quantitative estimate of drug-likeness (QED) is 0.171. The van der Waals surface area contributed by atoms with Crippen molar-refractivity contribution in [1.82, 2.24) is 0 Å². The summed E-state index contributed by atoms with van der Waals surface area (Å²) < 4.78 is 0. The van der Waals surface area contributed by atoms with E-state index < -0.39 is 0 Å². The van der Waals surface area contributed by atoms with Gasteiger partial charge >= 0.3 is 0 Å². The standard InChI is InChI=1S/C51H41N/c1-34-30-43(40-20-18-38(19-21-40)36-12-6-5-7-13-36)31-35(2)50(34)52(45-28-29-47-46-16-10-11-17-48(46)51(3,4)49(47)33-45)44-26-24-39(25-27-44)42-23-22-37-14-8-9-15-41(37)32-42/h5-33H,1-4H3. The molecule has 0 radical (unpaired) electrons. The normalized spacial score (nSPS) is 12.8. The van der Waals surface area contributed by atoms with Crippen LogP contribution in [0, 0.1) is 13.8 Å². The molecule has 0 saturated carbocycles. The third-order valence-corrected chi connectivity index (χ3v) is 11.1. The molecule has 250 valence electrons. The minimum atomic E-state index is -0.0899. The minimum absolute atomic E-state index is 0.0899. The average Bonchev–Trinajstić information content (AvgIpc) is 3.42. The summed E-state index contributed by atoms with van der Waals surface area (Å²) in [5.74, 6) is 0. The first-order valence-electron chi connectivity index (χ1n) is 18.3. The van der Waals surface area contributed by atoms with E-state index >= 15 is 0 Å². The van der Waals surface area contributed by atoms with Crippen LogP contribution in [0.4, 0.5) is 17.1 Å². The highest BCUT2D eigenvalue weighted by atomic mass is 15.1. The maximum absolute atomic E-state index is 2.47. The lowest BCUT2D eigenvalue weighted by Crippen LogP contribution is -2.17. The average molecular weight is 668 g/mol. The van der Waals surface area contributed by atoms with Gasteiger partial charge in [-0.25, -0.2) is 0 Å². The van der Waals surface area contributed by atoms with Crippen LogP contribution in [-0.4, -0.2) is 0 Å². The molecule has 0 bridgehead atoms. The molecule has 0 saturated heterocycles. The molecule has 0 aliphatic heterocycles. The summed E-state index contributed by atoms with van der Waals surface area (Å²) >= 11 is 0. The molecule has 0 heterocycles. The molecule has 0 fully saturated rings.